The minimum absolute atomic E-state index is 0.313. The zero-order valence-corrected chi connectivity index (χ0v) is 21.6. The summed E-state index contributed by atoms with van der Waals surface area (Å²) in [6.45, 7) is 14.8. The van der Waals surface area contributed by atoms with Crippen molar-refractivity contribution in [2.24, 2.45) is 0 Å². The molecule has 3 aliphatic rings. The second kappa shape index (κ2) is 12.5. The minimum atomic E-state index is -0.313. The van der Waals surface area contributed by atoms with Crippen LogP contribution in [0.3, 0.4) is 0 Å². The molecule has 3 heterocycles. The zero-order valence-electron chi connectivity index (χ0n) is 21.6. The second-order valence-corrected chi connectivity index (χ2v) is 9.82. The largest absolute Gasteiger partial charge is 0.385 e. The van der Waals surface area contributed by atoms with Crippen LogP contribution in [0, 0.1) is 0 Å². The Hall–Kier alpha value is -2.51. The van der Waals surface area contributed by atoms with Crippen molar-refractivity contribution in [1.82, 2.24) is 25.1 Å². The Balaban J connectivity index is 1.44. The van der Waals surface area contributed by atoms with E-state index in [1.54, 1.807) is 0 Å². The van der Waals surface area contributed by atoms with Crippen molar-refractivity contribution >= 4 is 12.2 Å². The molecular weight excluding hydrogens is 436 g/mol. The number of allylic oxidation sites excluding steroid dienone is 2. The molecule has 4 rings (SSSR count). The van der Waals surface area contributed by atoms with E-state index in [0.717, 1.165) is 94.6 Å². The Labute approximate surface area is 211 Å². The van der Waals surface area contributed by atoms with Crippen molar-refractivity contribution in [2.45, 2.75) is 64.5 Å². The minimum Gasteiger partial charge on any atom is -0.385 e. The molecule has 190 valence electrons. The lowest BCUT2D eigenvalue weighted by atomic mass is 9.91. The van der Waals surface area contributed by atoms with Gasteiger partial charge in [-0.15, -0.1) is 0 Å². The number of nitrogens with one attached hydrogen (secondary N) is 1. The summed E-state index contributed by atoms with van der Waals surface area (Å²) >= 11 is 0. The van der Waals surface area contributed by atoms with Crippen molar-refractivity contribution in [3.8, 4) is 0 Å². The van der Waals surface area contributed by atoms with E-state index in [9.17, 15) is 4.79 Å². The van der Waals surface area contributed by atoms with E-state index < -0.39 is 0 Å². The quantitative estimate of drug-likeness (QED) is 0.432. The molecule has 1 aliphatic carbocycles. The molecule has 1 atom stereocenters. The van der Waals surface area contributed by atoms with Gasteiger partial charge in [0.25, 0.3) is 0 Å². The molecule has 0 spiro atoms. The van der Waals surface area contributed by atoms with Gasteiger partial charge in [0.1, 0.15) is 6.29 Å². The fourth-order valence-electron chi connectivity index (χ4n) is 5.51. The molecule has 0 amide bonds. The number of carbonyl (C=O) groups excluding carboxylic acids is 1. The van der Waals surface area contributed by atoms with E-state index in [4.69, 9.17) is 9.97 Å². The third-order valence-corrected chi connectivity index (χ3v) is 7.73. The molecule has 1 unspecified atom stereocenters. The first-order valence-corrected chi connectivity index (χ1v) is 13.4. The fourth-order valence-corrected chi connectivity index (χ4v) is 5.51. The highest BCUT2D eigenvalue weighted by Gasteiger charge is 2.29. The topological polar surface area (TPSA) is 64.6 Å². The summed E-state index contributed by atoms with van der Waals surface area (Å²) in [5, 5.41) is 3.39. The van der Waals surface area contributed by atoms with Gasteiger partial charge in [-0.25, -0.2) is 9.97 Å². The van der Waals surface area contributed by atoms with Gasteiger partial charge in [0, 0.05) is 62.9 Å². The third kappa shape index (κ3) is 6.01. The fraction of sp³-hybridized carbons (Fsp3) is 0.607. The molecule has 1 aromatic heterocycles. The predicted molar refractivity (Wildman–Crippen MR) is 143 cm³/mol. The van der Waals surface area contributed by atoms with Crippen LogP contribution in [0.25, 0.3) is 0 Å². The molecule has 0 aromatic carbocycles. The van der Waals surface area contributed by atoms with Crippen LogP contribution in [0.2, 0.25) is 0 Å². The standard InChI is InChI=1S/C28H42N6O/c1-4-9-26(29-6-3)24(5-2)27(21-35)33-14-8-12-25-22(13-15-33)20-30-28(31-25)34-18-16-32(17-19-34)23-10-7-11-23/h4-5,9,20-21,23,27,29H,2,6-8,10-19H2,1,3H3/b9-4-,26-24-. The number of nitrogens with zero attached hydrogens (tertiary/aromatic N) is 5. The van der Waals surface area contributed by atoms with Gasteiger partial charge in [0.2, 0.25) is 5.95 Å². The summed E-state index contributed by atoms with van der Waals surface area (Å²) in [5.74, 6) is 0.888. The average Bonchev–Trinajstić information content (AvgIpc) is 2.83. The molecule has 7 heteroatoms. The predicted octanol–water partition coefficient (Wildman–Crippen LogP) is 3.14. The van der Waals surface area contributed by atoms with Crippen LogP contribution in [0.4, 0.5) is 5.95 Å². The number of aromatic nitrogens is 2. The highest BCUT2D eigenvalue weighted by molar-refractivity contribution is 5.66. The van der Waals surface area contributed by atoms with Crippen molar-refractivity contribution in [3.63, 3.8) is 0 Å². The number of fused-ring (bicyclic) bond motifs is 1. The Bertz CT molecular complexity index is 929. The van der Waals surface area contributed by atoms with Gasteiger partial charge in [-0.05, 0) is 69.7 Å². The number of carbonyl (C=O) groups is 1. The van der Waals surface area contributed by atoms with Gasteiger partial charge >= 0.3 is 0 Å². The number of anilines is 1. The second-order valence-electron chi connectivity index (χ2n) is 9.82. The lowest BCUT2D eigenvalue weighted by Gasteiger charge is -2.43. The Morgan fingerprint density at radius 2 is 1.97 bits per heavy atom. The Morgan fingerprint density at radius 3 is 2.60 bits per heavy atom. The van der Waals surface area contributed by atoms with Gasteiger partial charge in [-0.1, -0.05) is 25.2 Å². The summed E-state index contributed by atoms with van der Waals surface area (Å²) in [6.07, 6.45) is 15.8. The average molecular weight is 479 g/mol. The first kappa shape index (κ1) is 25.6. The van der Waals surface area contributed by atoms with Crippen LogP contribution in [0.15, 0.2) is 42.3 Å². The maximum atomic E-state index is 12.3. The highest BCUT2D eigenvalue weighted by atomic mass is 16.1. The van der Waals surface area contributed by atoms with Crippen LogP contribution in [-0.4, -0.2) is 84.0 Å². The summed E-state index contributed by atoms with van der Waals surface area (Å²) < 4.78 is 0. The van der Waals surface area contributed by atoms with Crippen molar-refractivity contribution in [2.75, 3.05) is 50.7 Å². The van der Waals surface area contributed by atoms with E-state index in [0.29, 0.717) is 0 Å². The van der Waals surface area contributed by atoms with Crippen molar-refractivity contribution in [1.29, 1.82) is 0 Å². The number of hydrogen-bond acceptors (Lipinski definition) is 7. The van der Waals surface area contributed by atoms with Crippen LogP contribution >= 0.6 is 0 Å². The molecule has 1 N–H and O–H groups in total. The molecule has 0 bridgehead atoms. The molecule has 1 saturated carbocycles. The first-order chi connectivity index (χ1) is 17.2. The van der Waals surface area contributed by atoms with Gasteiger partial charge < -0.3 is 15.0 Å². The van der Waals surface area contributed by atoms with Crippen LogP contribution in [0.5, 0.6) is 0 Å². The van der Waals surface area contributed by atoms with E-state index in [-0.39, 0.29) is 6.04 Å². The summed E-state index contributed by atoms with van der Waals surface area (Å²) in [5.41, 5.74) is 4.30. The van der Waals surface area contributed by atoms with Crippen LogP contribution in [-0.2, 0) is 17.6 Å². The Kier molecular flexibility index (Phi) is 9.10. The number of aryl methyl sites for hydroxylation is 1. The molecular formula is C28H42N6O. The molecule has 1 aromatic rings. The van der Waals surface area contributed by atoms with E-state index in [1.807, 2.05) is 31.3 Å². The molecule has 7 nitrogen and oxygen atoms in total. The highest BCUT2D eigenvalue weighted by Crippen LogP contribution is 2.27. The third-order valence-electron chi connectivity index (χ3n) is 7.73. The van der Waals surface area contributed by atoms with Gasteiger partial charge in [-0.3, -0.25) is 9.80 Å². The lowest BCUT2D eigenvalue weighted by molar-refractivity contribution is -0.111. The smallest absolute Gasteiger partial charge is 0.225 e. The van der Waals surface area contributed by atoms with Crippen LogP contribution < -0.4 is 10.2 Å². The van der Waals surface area contributed by atoms with E-state index in [2.05, 4.69) is 33.5 Å². The molecule has 2 fully saturated rings. The van der Waals surface area contributed by atoms with Gasteiger partial charge in [-0.2, -0.15) is 0 Å². The number of piperazine rings is 1. The number of aldehydes is 1. The number of likely N-dealkylation sites (N-methyl/N-ethyl adjacent to an activating group) is 1. The maximum absolute atomic E-state index is 12.3. The SMILES string of the molecule is C=C/C(=C(\C=C/C)NCC)C(C=O)N1CCCc2nc(N3CCN(C4CCC4)CC3)ncc2CC1. The van der Waals surface area contributed by atoms with Gasteiger partial charge in [0.05, 0.1) is 6.04 Å². The zero-order chi connectivity index (χ0) is 24.6. The molecule has 1 saturated heterocycles. The Morgan fingerprint density at radius 1 is 1.17 bits per heavy atom. The summed E-state index contributed by atoms with van der Waals surface area (Å²) in [6, 6.07) is 0.502. The molecule has 0 radical (unpaired) electrons. The number of rotatable bonds is 9. The lowest BCUT2D eigenvalue weighted by Crippen LogP contribution is -2.52. The molecule has 35 heavy (non-hydrogen) atoms. The summed E-state index contributed by atoms with van der Waals surface area (Å²) in [7, 11) is 0. The van der Waals surface area contributed by atoms with Gasteiger partial charge in [0.15, 0.2) is 0 Å². The number of hydrogen-bond donors (Lipinski definition) is 1. The monoisotopic (exact) mass is 478 g/mol. The van der Waals surface area contributed by atoms with Crippen LogP contribution in [0.1, 0.15) is 50.8 Å². The van der Waals surface area contributed by atoms with E-state index >= 15 is 0 Å². The normalized spacial score (nSPS) is 21.9. The van der Waals surface area contributed by atoms with Crippen molar-refractivity contribution in [3.05, 3.63) is 53.5 Å². The first-order valence-electron chi connectivity index (χ1n) is 13.4. The molecule has 2 aliphatic heterocycles. The summed E-state index contributed by atoms with van der Waals surface area (Å²) in [4.78, 5) is 29.3. The maximum Gasteiger partial charge on any atom is 0.225 e. The van der Waals surface area contributed by atoms with Crippen molar-refractivity contribution < 1.29 is 4.79 Å². The van der Waals surface area contributed by atoms with E-state index in [1.165, 1.54) is 30.5 Å².